The van der Waals surface area contributed by atoms with Crippen LogP contribution in [-0.2, 0) is 4.79 Å². The van der Waals surface area contributed by atoms with Crippen molar-refractivity contribution in [3.63, 3.8) is 0 Å². The molecule has 0 heterocycles. The minimum absolute atomic E-state index is 0.00935. The summed E-state index contributed by atoms with van der Waals surface area (Å²) in [4.78, 5) is 12.3. The molecule has 1 aromatic rings. The fourth-order valence-electron chi connectivity index (χ4n) is 1.19. The smallest absolute Gasteiger partial charge is 0.233 e. The van der Waals surface area contributed by atoms with Gasteiger partial charge >= 0.3 is 0 Å². The molecule has 0 saturated heterocycles. The van der Waals surface area contributed by atoms with Gasteiger partial charge in [0.15, 0.2) is 0 Å². The topological polar surface area (TPSA) is 49.3 Å². The second-order valence-corrected chi connectivity index (χ2v) is 4.90. The standard InChI is InChI=1S/C12H17NO2S/c1-3-8-13-12(15)9(2)16-11-7-5-4-6-10(11)14/h4-7,9,14H,3,8H2,1-2H3,(H,13,15). The van der Waals surface area contributed by atoms with Crippen LogP contribution in [0.4, 0.5) is 0 Å². The fraction of sp³-hybridized carbons (Fsp3) is 0.417. The number of aromatic hydroxyl groups is 1. The number of carbonyl (C=O) groups is 1. The van der Waals surface area contributed by atoms with E-state index >= 15 is 0 Å². The van der Waals surface area contributed by atoms with Gasteiger partial charge in [0.05, 0.1) is 5.25 Å². The predicted octanol–water partition coefficient (Wildman–Crippen LogP) is 2.40. The van der Waals surface area contributed by atoms with Gasteiger partial charge < -0.3 is 10.4 Å². The highest BCUT2D eigenvalue weighted by Gasteiger charge is 2.14. The number of benzene rings is 1. The number of phenolic OH excluding ortho intramolecular Hbond substituents is 1. The summed E-state index contributed by atoms with van der Waals surface area (Å²) < 4.78 is 0. The molecular weight excluding hydrogens is 222 g/mol. The van der Waals surface area contributed by atoms with Crippen LogP contribution in [0.2, 0.25) is 0 Å². The van der Waals surface area contributed by atoms with Crippen molar-refractivity contribution in [2.45, 2.75) is 30.4 Å². The van der Waals surface area contributed by atoms with E-state index in [-0.39, 0.29) is 16.9 Å². The van der Waals surface area contributed by atoms with Crippen LogP contribution in [0, 0.1) is 0 Å². The van der Waals surface area contributed by atoms with E-state index in [1.54, 1.807) is 12.1 Å². The zero-order chi connectivity index (χ0) is 12.0. The molecule has 88 valence electrons. The average Bonchev–Trinajstić information content (AvgIpc) is 2.28. The molecule has 0 spiro atoms. The van der Waals surface area contributed by atoms with Crippen molar-refractivity contribution >= 4 is 17.7 Å². The highest BCUT2D eigenvalue weighted by atomic mass is 32.2. The third kappa shape index (κ3) is 3.77. The Labute approximate surface area is 100 Å². The first-order chi connectivity index (χ1) is 7.65. The molecule has 0 aromatic heterocycles. The van der Waals surface area contributed by atoms with Crippen LogP contribution in [0.25, 0.3) is 0 Å². The Morgan fingerprint density at radius 1 is 1.50 bits per heavy atom. The molecule has 3 nitrogen and oxygen atoms in total. The Morgan fingerprint density at radius 2 is 2.19 bits per heavy atom. The van der Waals surface area contributed by atoms with Crippen LogP contribution in [0.1, 0.15) is 20.3 Å². The van der Waals surface area contributed by atoms with E-state index in [4.69, 9.17) is 0 Å². The van der Waals surface area contributed by atoms with Gasteiger partial charge in [-0.15, -0.1) is 11.8 Å². The number of nitrogens with one attached hydrogen (secondary N) is 1. The van der Waals surface area contributed by atoms with Crippen LogP contribution >= 0.6 is 11.8 Å². The molecular formula is C12H17NO2S. The minimum atomic E-state index is -0.195. The number of phenols is 1. The lowest BCUT2D eigenvalue weighted by atomic mass is 10.3. The maximum atomic E-state index is 11.6. The Hall–Kier alpha value is -1.16. The van der Waals surface area contributed by atoms with Crippen LogP contribution in [0.5, 0.6) is 5.75 Å². The van der Waals surface area contributed by atoms with Gasteiger partial charge in [-0.05, 0) is 25.5 Å². The van der Waals surface area contributed by atoms with Gasteiger partial charge in [-0.2, -0.15) is 0 Å². The zero-order valence-corrected chi connectivity index (χ0v) is 10.4. The first kappa shape index (κ1) is 12.9. The third-order valence-corrected chi connectivity index (χ3v) is 3.25. The van der Waals surface area contributed by atoms with E-state index in [0.29, 0.717) is 6.54 Å². The molecule has 0 saturated carbocycles. The largest absolute Gasteiger partial charge is 0.507 e. The molecule has 0 aliphatic heterocycles. The van der Waals surface area contributed by atoms with E-state index < -0.39 is 0 Å². The Kier molecular flexibility index (Phi) is 5.19. The fourth-order valence-corrected chi connectivity index (χ4v) is 2.11. The van der Waals surface area contributed by atoms with Crippen LogP contribution < -0.4 is 5.32 Å². The average molecular weight is 239 g/mol. The number of hydrogen-bond donors (Lipinski definition) is 2. The maximum absolute atomic E-state index is 11.6. The van der Waals surface area contributed by atoms with Crippen molar-refractivity contribution in [1.29, 1.82) is 0 Å². The van der Waals surface area contributed by atoms with Crippen molar-refractivity contribution in [1.82, 2.24) is 5.32 Å². The van der Waals surface area contributed by atoms with Gasteiger partial charge in [0.25, 0.3) is 0 Å². The molecule has 0 aliphatic rings. The van der Waals surface area contributed by atoms with Gasteiger partial charge in [-0.3, -0.25) is 4.79 Å². The number of rotatable bonds is 5. The minimum Gasteiger partial charge on any atom is -0.507 e. The highest BCUT2D eigenvalue weighted by Crippen LogP contribution is 2.30. The van der Waals surface area contributed by atoms with Crippen molar-refractivity contribution in [2.24, 2.45) is 0 Å². The number of thioether (sulfide) groups is 1. The summed E-state index contributed by atoms with van der Waals surface area (Å²) in [5.74, 6) is 0.234. The zero-order valence-electron chi connectivity index (χ0n) is 9.56. The summed E-state index contributed by atoms with van der Waals surface area (Å²) in [6.45, 7) is 4.55. The summed E-state index contributed by atoms with van der Waals surface area (Å²) in [7, 11) is 0. The summed E-state index contributed by atoms with van der Waals surface area (Å²) in [6.07, 6.45) is 0.930. The van der Waals surface area contributed by atoms with Crippen molar-refractivity contribution < 1.29 is 9.90 Å². The Balaban J connectivity index is 2.54. The lowest BCUT2D eigenvalue weighted by Gasteiger charge is -2.12. The van der Waals surface area contributed by atoms with E-state index in [1.807, 2.05) is 26.0 Å². The Bertz CT molecular complexity index is 355. The van der Waals surface area contributed by atoms with Gasteiger partial charge in [-0.25, -0.2) is 0 Å². The molecule has 16 heavy (non-hydrogen) atoms. The molecule has 2 N–H and O–H groups in total. The van der Waals surface area contributed by atoms with Gasteiger partial charge in [0.1, 0.15) is 5.75 Å². The molecule has 1 rings (SSSR count). The molecule has 1 atom stereocenters. The second-order valence-electron chi connectivity index (χ2n) is 3.52. The normalized spacial score (nSPS) is 12.1. The highest BCUT2D eigenvalue weighted by molar-refractivity contribution is 8.00. The van der Waals surface area contributed by atoms with Crippen molar-refractivity contribution in [2.75, 3.05) is 6.54 Å². The number of carbonyl (C=O) groups excluding carboxylic acids is 1. The molecule has 1 unspecified atom stereocenters. The van der Waals surface area contributed by atoms with Crippen LogP contribution in [-0.4, -0.2) is 22.8 Å². The number of amides is 1. The maximum Gasteiger partial charge on any atom is 0.233 e. The molecule has 1 amide bonds. The molecule has 0 radical (unpaired) electrons. The second kappa shape index (κ2) is 6.43. The van der Waals surface area contributed by atoms with Gasteiger partial charge in [0.2, 0.25) is 5.91 Å². The van der Waals surface area contributed by atoms with E-state index in [2.05, 4.69) is 5.32 Å². The lowest BCUT2D eigenvalue weighted by Crippen LogP contribution is -2.31. The molecule has 0 fully saturated rings. The molecule has 4 heteroatoms. The summed E-state index contributed by atoms with van der Waals surface area (Å²) in [5, 5.41) is 12.2. The van der Waals surface area contributed by atoms with Crippen molar-refractivity contribution in [3.8, 4) is 5.75 Å². The molecule has 1 aromatic carbocycles. The first-order valence-electron chi connectivity index (χ1n) is 5.37. The monoisotopic (exact) mass is 239 g/mol. The lowest BCUT2D eigenvalue weighted by molar-refractivity contribution is -0.120. The van der Waals surface area contributed by atoms with E-state index in [9.17, 15) is 9.90 Å². The summed E-state index contributed by atoms with van der Waals surface area (Å²) in [6, 6.07) is 7.04. The summed E-state index contributed by atoms with van der Waals surface area (Å²) in [5.41, 5.74) is 0. The first-order valence-corrected chi connectivity index (χ1v) is 6.25. The third-order valence-electron chi connectivity index (χ3n) is 2.09. The van der Waals surface area contributed by atoms with Crippen molar-refractivity contribution in [3.05, 3.63) is 24.3 Å². The van der Waals surface area contributed by atoms with Gasteiger partial charge in [-0.1, -0.05) is 19.1 Å². The van der Waals surface area contributed by atoms with Crippen LogP contribution in [0.15, 0.2) is 29.2 Å². The van der Waals surface area contributed by atoms with E-state index in [0.717, 1.165) is 11.3 Å². The Morgan fingerprint density at radius 3 is 2.81 bits per heavy atom. The van der Waals surface area contributed by atoms with Gasteiger partial charge in [0, 0.05) is 11.4 Å². The van der Waals surface area contributed by atoms with Crippen LogP contribution in [0.3, 0.4) is 0 Å². The number of hydrogen-bond acceptors (Lipinski definition) is 3. The predicted molar refractivity (Wildman–Crippen MR) is 66.7 cm³/mol. The molecule has 0 aliphatic carbocycles. The summed E-state index contributed by atoms with van der Waals surface area (Å²) >= 11 is 1.37. The van der Waals surface area contributed by atoms with E-state index in [1.165, 1.54) is 11.8 Å². The SMILES string of the molecule is CCCNC(=O)C(C)Sc1ccccc1O. The number of para-hydroxylation sites is 1. The quantitative estimate of drug-likeness (QED) is 0.776. The molecule has 0 bridgehead atoms.